The van der Waals surface area contributed by atoms with Gasteiger partial charge in [-0.05, 0) is 30.3 Å². The minimum Gasteiger partial charge on any atom is -0.497 e. The van der Waals surface area contributed by atoms with Gasteiger partial charge in [0.1, 0.15) is 16.7 Å². The number of methoxy groups -OCH3 is 2. The highest BCUT2D eigenvalue weighted by molar-refractivity contribution is 7.91. The lowest BCUT2D eigenvalue weighted by molar-refractivity contribution is 0.408. The van der Waals surface area contributed by atoms with E-state index in [1.165, 1.54) is 26.4 Å². The van der Waals surface area contributed by atoms with Crippen LogP contribution in [0, 0.1) is 0 Å². The third-order valence-electron chi connectivity index (χ3n) is 3.46. The van der Waals surface area contributed by atoms with Gasteiger partial charge >= 0.3 is 0 Å². The lowest BCUT2D eigenvalue weighted by Crippen LogP contribution is -2.22. The summed E-state index contributed by atoms with van der Waals surface area (Å²) in [4.78, 5) is 0.203. The van der Waals surface area contributed by atoms with Gasteiger partial charge in [-0.3, -0.25) is 0 Å². The van der Waals surface area contributed by atoms with E-state index >= 15 is 0 Å². The van der Waals surface area contributed by atoms with Crippen molar-refractivity contribution >= 4 is 9.84 Å². The van der Waals surface area contributed by atoms with Crippen LogP contribution in [0.15, 0.2) is 53.4 Å². The Bertz CT molecular complexity index is 726. The predicted molar refractivity (Wildman–Crippen MR) is 85.0 cm³/mol. The Morgan fingerprint density at radius 2 is 1.64 bits per heavy atom. The van der Waals surface area contributed by atoms with Gasteiger partial charge in [0.05, 0.1) is 19.1 Å². The van der Waals surface area contributed by atoms with Crippen molar-refractivity contribution < 1.29 is 17.9 Å². The summed E-state index contributed by atoms with van der Waals surface area (Å²) in [6.07, 6.45) is 0. The number of hydrogen-bond acceptors (Lipinski definition) is 5. The third kappa shape index (κ3) is 3.08. The maximum absolute atomic E-state index is 12.9. The van der Waals surface area contributed by atoms with Crippen LogP contribution in [0.3, 0.4) is 0 Å². The van der Waals surface area contributed by atoms with E-state index in [4.69, 9.17) is 15.2 Å². The Kier molecular flexibility index (Phi) is 5.05. The first-order valence-corrected chi connectivity index (χ1v) is 8.30. The molecular formula is C16H19NO4S. The number of para-hydroxylation sites is 1. The zero-order valence-corrected chi connectivity index (χ0v) is 13.3. The molecule has 2 N–H and O–H groups in total. The van der Waals surface area contributed by atoms with Crippen LogP contribution < -0.4 is 15.2 Å². The largest absolute Gasteiger partial charge is 0.497 e. The molecule has 0 bridgehead atoms. The molecule has 0 radical (unpaired) electrons. The van der Waals surface area contributed by atoms with Crippen molar-refractivity contribution in [2.24, 2.45) is 5.73 Å². The minimum atomic E-state index is -3.62. The summed E-state index contributed by atoms with van der Waals surface area (Å²) >= 11 is 0. The molecule has 0 aliphatic carbocycles. The van der Waals surface area contributed by atoms with Crippen LogP contribution in [0.25, 0.3) is 0 Å². The van der Waals surface area contributed by atoms with Gasteiger partial charge < -0.3 is 15.2 Å². The summed E-state index contributed by atoms with van der Waals surface area (Å²) in [6, 6.07) is 13.3. The molecule has 0 aliphatic heterocycles. The van der Waals surface area contributed by atoms with Gasteiger partial charge in [-0.25, -0.2) is 8.42 Å². The first-order chi connectivity index (χ1) is 10.5. The Morgan fingerprint density at radius 3 is 2.18 bits per heavy atom. The van der Waals surface area contributed by atoms with E-state index < -0.39 is 15.1 Å². The molecule has 0 heterocycles. The quantitative estimate of drug-likeness (QED) is 0.882. The lowest BCUT2D eigenvalue weighted by Gasteiger charge is -2.19. The molecule has 0 saturated carbocycles. The average molecular weight is 321 g/mol. The summed E-state index contributed by atoms with van der Waals surface area (Å²) < 4.78 is 36.0. The fraction of sp³-hybridized carbons (Fsp3) is 0.250. The molecule has 5 nitrogen and oxygen atoms in total. The summed E-state index contributed by atoms with van der Waals surface area (Å²) in [5, 5.41) is -0.864. The van der Waals surface area contributed by atoms with Crippen LogP contribution in [0.1, 0.15) is 10.8 Å². The highest BCUT2D eigenvalue weighted by atomic mass is 32.2. The number of nitrogens with two attached hydrogens (primary N) is 1. The van der Waals surface area contributed by atoms with Gasteiger partial charge in [-0.2, -0.15) is 0 Å². The maximum atomic E-state index is 12.9. The molecule has 6 heteroatoms. The normalized spacial score (nSPS) is 12.7. The van der Waals surface area contributed by atoms with E-state index in [0.717, 1.165) is 0 Å². The van der Waals surface area contributed by atoms with Gasteiger partial charge in [-0.15, -0.1) is 0 Å². The predicted octanol–water partition coefficient (Wildman–Crippen LogP) is 2.18. The molecule has 118 valence electrons. The molecule has 1 unspecified atom stereocenters. The van der Waals surface area contributed by atoms with E-state index in [1.807, 2.05) is 0 Å². The third-order valence-corrected chi connectivity index (χ3v) is 5.59. The molecule has 1 atom stereocenters. The molecular weight excluding hydrogens is 302 g/mol. The van der Waals surface area contributed by atoms with Gasteiger partial charge in [0, 0.05) is 12.1 Å². The van der Waals surface area contributed by atoms with Crippen molar-refractivity contribution in [3.8, 4) is 11.5 Å². The number of sulfone groups is 1. The van der Waals surface area contributed by atoms with E-state index in [-0.39, 0.29) is 11.4 Å². The van der Waals surface area contributed by atoms with Crippen molar-refractivity contribution in [2.75, 3.05) is 20.8 Å². The summed E-state index contributed by atoms with van der Waals surface area (Å²) in [5.74, 6) is 1.11. The highest BCUT2D eigenvalue weighted by Crippen LogP contribution is 2.34. The number of rotatable bonds is 6. The molecule has 0 saturated heterocycles. The lowest BCUT2D eigenvalue weighted by atomic mass is 10.1. The fourth-order valence-electron chi connectivity index (χ4n) is 2.28. The van der Waals surface area contributed by atoms with Gasteiger partial charge in [0.25, 0.3) is 0 Å². The zero-order chi connectivity index (χ0) is 16.2. The molecule has 0 aromatic heterocycles. The molecule has 0 fully saturated rings. The first kappa shape index (κ1) is 16.3. The molecule has 2 aromatic rings. The van der Waals surface area contributed by atoms with Gasteiger partial charge in [0.2, 0.25) is 0 Å². The Morgan fingerprint density at radius 1 is 1.00 bits per heavy atom. The number of benzene rings is 2. The fourth-order valence-corrected chi connectivity index (χ4v) is 3.91. The van der Waals surface area contributed by atoms with Crippen LogP contribution in [0.5, 0.6) is 11.5 Å². The van der Waals surface area contributed by atoms with Crippen LogP contribution in [-0.2, 0) is 9.84 Å². The van der Waals surface area contributed by atoms with Crippen molar-refractivity contribution in [3.05, 3.63) is 54.1 Å². The summed E-state index contributed by atoms with van der Waals surface area (Å²) in [7, 11) is -0.587. The second-order valence-electron chi connectivity index (χ2n) is 4.69. The maximum Gasteiger partial charge on any atom is 0.186 e. The molecule has 0 aliphatic rings. The Balaban J connectivity index is 2.48. The van der Waals surface area contributed by atoms with Crippen LogP contribution in [0.4, 0.5) is 0 Å². The Hall–Kier alpha value is -2.05. The van der Waals surface area contributed by atoms with Crippen LogP contribution in [0.2, 0.25) is 0 Å². The van der Waals surface area contributed by atoms with Crippen molar-refractivity contribution in [2.45, 2.75) is 10.1 Å². The van der Waals surface area contributed by atoms with Crippen LogP contribution >= 0.6 is 0 Å². The smallest absolute Gasteiger partial charge is 0.186 e. The zero-order valence-electron chi connectivity index (χ0n) is 12.5. The number of hydrogen-bond donors (Lipinski definition) is 1. The van der Waals surface area contributed by atoms with Crippen molar-refractivity contribution in [3.63, 3.8) is 0 Å². The van der Waals surface area contributed by atoms with Crippen molar-refractivity contribution in [1.82, 2.24) is 0 Å². The van der Waals surface area contributed by atoms with E-state index in [0.29, 0.717) is 17.1 Å². The molecule has 22 heavy (non-hydrogen) atoms. The topological polar surface area (TPSA) is 78.6 Å². The van der Waals surface area contributed by atoms with E-state index in [2.05, 4.69) is 0 Å². The van der Waals surface area contributed by atoms with E-state index in [9.17, 15) is 8.42 Å². The second-order valence-corrected chi connectivity index (χ2v) is 6.82. The highest BCUT2D eigenvalue weighted by Gasteiger charge is 2.30. The van der Waals surface area contributed by atoms with Crippen LogP contribution in [-0.4, -0.2) is 29.2 Å². The monoisotopic (exact) mass is 321 g/mol. The van der Waals surface area contributed by atoms with Gasteiger partial charge in [0.15, 0.2) is 9.84 Å². The molecule has 2 rings (SSSR count). The minimum absolute atomic E-state index is 0.0330. The van der Waals surface area contributed by atoms with Gasteiger partial charge in [-0.1, -0.05) is 18.2 Å². The summed E-state index contributed by atoms with van der Waals surface area (Å²) in [5.41, 5.74) is 6.31. The number of ether oxygens (including phenoxy) is 2. The first-order valence-electron chi connectivity index (χ1n) is 6.75. The molecule has 0 amide bonds. The molecule has 2 aromatic carbocycles. The van der Waals surface area contributed by atoms with E-state index in [1.54, 1.807) is 36.4 Å². The SMILES string of the molecule is COc1ccc(S(=O)(=O)C(CN)c2ccccc2OC)cc1. The Labute approximate surface area is 130 Å². The molecule has 0 spiro atoms. The second kappa shape index (κ2) is 6.81. The summed E-state index contributed by atoms with van der Waals surface area (Å²) in [6.45, 7) is -0.0330. The standard InChI is InChI=1S/C16H19NO4S/c1-20-12-7-9-13(10-8-12)22(18,19)16(11-17)14-5-3-4-6-15(14)21-2/h3-10,16H,11,17H2,1-2H3. The average Bonchev–Trinajstić information content (AvgIpc) is 2.55. The van der Waals surface area contributed by atoms with Crippen molar-refractivity contribution in [1.29, 1.82) is 0 Å².